The van der Waals surface area contributed by atoms with Crippen molar-refractivity contribution in [3.05, 3.63) is 46.0 Å². The van der Waals surface area contributed by atoms with Crippen molar-refractivity contribution < 1.29 is 14.3 Å². The Bertz CT molecular complexity index is 531. The zero-order valence-electron chi connectivity index (χ0n) is 11.0. The molecule has 0 spiro atoms. The average Bonchev–Trinajstić information content (AvgIpc) is 2.98. The Morgan fingerprint density at radius 3 is 2.79 bits per heavy atom. The van der Waals surface area contributed by atoms with E-state index in [0.717, 1.165) is 12.1 Å². The average molecular weight is 279 g/mol. The summed E-state index contributed by atoms with van der Waals surface area (Å²) in [5, 5.41) is 11.1. The molecule has 0 aromatic carbocycles. The minimum atomic E-state index is -1.01. The quantitative estimate of drug-likeness (QED) is 0.880. The maximum atomic E-state index is 11.0. The number of rotatable bonds is 6. The first-order valence-corrected chi connectivity index (χ1v) is 7.02. The molecule has 0 aliphatic carbocycles. The van der Waals surface area contributed by atoms with Crippen LogP contribution in [0.5, 0.6) is 0 Å². The number of aromatic carboxylic acids is 1. The molecule has 0 atom stereocenters. The Hall–Kier alpha value is -1.59. The van der Waals surface area contributed by atoms with Crippen molar-refractivity contribution >= 4 is 17.3 Å². The number of thiophene rings is 1. The van der Waals surface area contributed by atoms with Gasteiger partial charge in [0.05, 0.1) is 6.26 Å². The minimum Gasteiger partial charge on any atom is -0.475 e. The first-order valence-electron chi connectivity index (χ1n) is 6.14. The normalized spacial score (nSPS) is 11.4. The van der Waals surface area contributed by atoms with Gasteiger partial charge in [-0.15, -0.1) is 11.3 Å². The molecular weight excluding hydrogens is 262 g/mol. The molecule has 2 heterocycles. The molecule has 4 nitrogen and oxygen atoms in total. The van der Waals surface area contributed by atoms with Crippen molar-refractivity contribution in [2.45, 2.75) is 33.0 Å². The summed E-state index contributed by atoms with van der Waals surface area (Å²) in [6.45, 7) is 5.61. The molecule has 2 rings (SSSR count). The predicted octanol–water partition coefficient (Wildman–Crippen LogP) is 3.45. The van der Waals surface area contributed by atoms with Crippen molar-refractivity contribution in [3.63, 3.8) is 0 Å². The molecule has 102 valence electrons. The van der Waals surface area contributed by atoms with Gasteiger partial charge in [0.1, 0.15) is 0 Å². The SMILES string of the molecule is CC(C)N(Cc1cccs1)Cc1ccoc1C(=O)O. The van der Waals surface area contributed by atoms with Gasteiger partial charge in [-0.2, -0.15) is 0 Å². The van der Waals surface area contributed by atoms with E-state index < -0.39 is 5.97 Å². The van der Waals surface area contributed by atoms with Crippen molar-refractivity contribution in [2.75, 3.05) is 0 Å². The van der Waals surface area contributed by atoms with E-state index in [1.165, 1.54) is 11.1 Å². The third-order valence-electron chi connectivity index (χ3n) is 2.98. The molecule has 0 bridgehead atoms. The van der Waals surface area contributed by atoms with Crippen molar-refractivity contribution in [3.8, 4) is 0 Å². The first kappa shape index (κ1) is 13.8. The lowest BCUT2D eigenvalue weighted by Crippen LogP contribution is -2.29. The zero-order chi connectivity index (χ0) is 13.8. The molecule has 0 fully saturated rings. The van der Waals surface area contributed by atoms with Gasteiger partial charge in [-0.25, -0.2) is 4.79 Å². The van der Waals surface area contributed by atoms with Gasteiger partial charge < -0.3 is 9.52 Å². The zero-order valence-corrected chi connectivity index (χ0v) is 11.8. The van der Waals surface area contributed by atoms with Crippen LogP contribution >= 0.6 is 11.3 Å². The van der Waals surface area contributed by atoms with E-state index in [2.05, 4.69) is 24.8 Å². The van der Waals surface area contributed by atoms with E-state index in [1.54, 1.807) is 17.4 Å². The summed E-state index contributed by atoms with van der Waals surface area (Å²) in [5.74, 6) is -0.975. The molecule has 1 N–H and O–H groups in total. The maximum absolute atomic E-state index is 11.0. The van der Waals surface area contributed by atoms with Gasteiger partial charge in [0.25, 0.3) is 0 Å². The van der Waals surface area contributed by atoms with Crippen LogP contribution in [0, 0.1) is 0 Å². The highest BCUT2D eigenvalue weighted by atomic mass is 32.1. The van der Waals surface area contributed by atoms with Crippen LogP contribution in [0.15, 0.2) is 34.3 Å². The molecule has 0 saturated carbocycles. The van der Waals surface area contributed by atoms with Crippen LogP contribution in [0.3, 0.4) is 0 Å². The summed E-state index contributed by atoms with van der Waals surface area (Å²) in [4.78, 5) is 14.5. The smallest absolute Gasteiger partial charge is 0.372 e. The highest BCUT2D eigenvalue weighted by Crippen LogP contribution is 2.19. The summed E-state index contributed by atoms with van der Waals surface area (Å²) in [6.07, 6.45) is 1.43. The summed E-state index contributed by atoms with van der Waals surface area (Å²) in [5.41, 5.74) is 0.720. The molecule has 0 aliphatic rings. The fourth-order valence-corrected chi connectivity index (χ4v) is 2.62. The van der Waals surface area contributed by atoms with E-state index >= 15 is 0 Å². The monoisotopic (exact) mass is 279 g/mol. The van der Waals surface area contributed by atoms with Crippen LogP contribution in [-0.4, -0.2) is 22.0 Å². The molecule has 5 heteroatoms. The topological polar surface area (TPSA) is 53.7 Å². The van der Waals surface area contributed by atoms with Crippen molar-refractivity contribution in [2.24, 2.45) is 0 Å². The van der Waals surface area contributed by atoms with Gasteiger partial charge in [0.15, 0.2) is 0 Å². The molecular formula is C14H17NO3S. The minimum absolute atomic E-state index is 0.0387. The van der Waals surface area contributed by atoms with Crippen LogP contribution in [0.25, 0.3) is 0 Å². The molecule has 0 radical (unpaired) electrons. The third-order valence-corrected chi connectivity index (χ3v) is 3.84. The first-order chi connectivity index (χ1) is 9.08. The van der Waals surface area contributed by atoms with Crippen molar-refractivity contribution in [1.29, 1.82) is 0 Å². The van der Waals surface area contributed by atoms with Gasteiger partial charge in [-0.1, -0.05) is 6.07 Å². The van der Waals surface area contributed by atoms with Gasteiger partial charge >= 0.3 is 5.97 Å². The summed E-state index contributed by atoms with van der Waals surface area (Å²) < 4.78 is 5.02. The van der Waals surface area contributed by atoms with E-state index in [4.69, 9.17) is 9.52 Å². The fourth-order valence-electron chi connectivity index (χ4n) is 1.89. The van der Waals surface area contributed by atoms with Crippen LogP contribution < -0.4 is 0 Å². The fraction of sp³-hybridized carbons (Fsp3) is 0.357. The number of hydrogen-bond acceptors (Lipinski definition) is 4. The largest absolute Gasteiger partial charge is 0.475 e. The number of nitrogens with zero attached hydrogens (tertiary/aromatic N) is 1. The number of furan rings is 1. The Balaban J connectivity index is 2.12. The lowest BCUT2D eigenvalue weighted by molar-refractivity contribution is 0.0658. The van der Waals surface area contributed by atoms with Gasteiger partial charge in [-0.05, 0) is 31.4 Å². The molecule has 0 aliphatic heterocycles. The van der Waals surface area contributed by atoms with E-state index in [9.17, 15) is 4.79 Å². The molecule has 2 aromatic rings. The lowest BCUT2D eigenvalue weighted by Gasteiger charge is -2.25. The number of carbonyl (C=O) groups is 1. The number of carboxylic acid groups (broad SMARTS) is 1. The van der Waals surface area contributed by atoms with Crippen LogP contribution in [0.1, 0.15) is 34.8 Å². The Morgan fingerprint density at radius 1 is 1.42 bits per heavy atom. The number of carboxylic acids is 1. The molecule has 0 saturated heterocycles. The molecule has 19 heavy (non-hydrogen) atoms. The number of hydrogen-bond donors (Lipinski definition) is 1. The predicted molar refractivity (Wildman–Crippen MR) is 74.4 cm³/mol. The van der Waals surface area contributed by atoms with Crippen LogP contribution in [-0.2, 0) is 13.1 Å². The lowest BCUT2D eigenvalue weighted by atomic mass is 10.2. The standard InChI is InChI=1S/C14H17NO3S/c1-10(2)15(9-12-4-3-7-19-12)8-11-5-6-18-13(11)14(16)17/h3-7,10H,8-9H2,1-2H3,(H,16,17). The van der Waals surface area contributed by atoms with Crippen molar-refractivity contribution in [1.82, 2.24) is 4.90 Å². The third kappa shape index (κ3) is 3.45. The second kappa shape index (κ2) is 6.04. The van der Waals surface area contributed by atoms with Crippen LogP contribution in [0.4, 0.5) is 0 Å². The second-order valence-electron chi connectivity index (χ2n) is 4.66. The molecule has 0 unspecified atom stereocenters. The van der Waals surface area contributed by atoms with Gasteiger partial charge in [0, 0.05) is 29.6 Å². The van der Waals surface area contributed by atoms with E-state index in [-0.39, 0.29) is 5.76 Å². The summed E-state index contributed by atoms with van der Waals surface area (Å²) >= 11 is 1.71. The molecule has 2 aromatic heterocycles. The van der Waals surface area contributed by atoms with E-state index in [1.807, 2.05) is 11.4 Å². The Labute approximate surface area is 116 Å². The highest BCUT2D eigenvalue weighted by Gasteiger charge is 2.18. The second-order valence-corrected chi connectivity index (χ2v) is 5.69. The summed E-state index contributed by atoms with van der Waals surface area (Å²) in [7, 11) is 0. The Kier molecular flexibility index (Phi) is 4.39. The van der Waals surface area contributed by atoms with Gasteiger partial charge in [0.2, 0.25) is 5.76 Å². The highest BCUT2D eigenvalue weighted by molar-refractivity contribution is 7.09. The van der Waals surface area contributed by atoms with Gasteiger partial charge in [-0.3, -0.25) is 4.90 Å². The Morgan fingerprint density at radius 2 is 2.21 bits per heavy atom. The molecule has 0 amide bonds. The van der Waals surface area contributed by atoms with Crippen LogP contribution in [0.2, 0.25) is 0 Å². The van der Waals surface area contributed by atoms with E-state index in [0.29, 0.717) is 12.6 Å². The summed E-state index contributed by atoms with van der Waals surface area (Å²) in [6, 6.07) is 6.18. The maximum Gasteiger partial charge on any atom is 0.372 e.